The second-order valence-corrected chi connectivity index (χ2v) is 5.18. The average molecular weight is 257 g/mol. The molecule has 1 saturated heterocycles. The molecular formula is C14H19N5. The standard InChI is InChI=1S/C14H19N5/c1-18-6-3-11(4-7-18)19-10-17-9-14(19)12-8-16-5-2-13(12)15/h2,5,8-11H,3-4,6-7H2,1H3,(H2,15,16). The quantitative estimate of drug-likeness (QED) is 0.891. The first kappa shape index (κ1) is 12.2. The van der Waals surface area contributed by atoms with Gasteiger partial charge in [0.25, 0.3) is 0 Å². The summed E-state index contributed by atoms with van der Waals surface area (Å²) >= 11 is 0. The molecule has 3 heterocycles. The molecule has 0 radical (unpaired) electrons. The summed E-state index contributed by atoms with van der Waals surface area (Å²) in [5.74, 6) is 0. The molecule has 0 atom stereocenters. The first-order valence-corrected chi connectivity index (χ1v) is 6.66. The number of anilines is 1. The van der Waals surface area contributed by atoms with Crippen molar-refractivity contribution in [3.05, 3.63) is 31.0 Å². The fourth-order valence-electron chi connectivity index (χ4n) is 2.70. The fraction of sp³-hybridized carbons (Fsp3) is 0.429. The number of hydrogen-bond acceptors (Lipinski definition) is 4. The lowest BCUT2D eigenvalue weighted by Gasteiger charge is -2.30. The van der Waals surface area contributed by atoms with E-state index in [1.807, 2.05) is 24.8 Å². The van der Waals surface area contributed by atoms with Gasteiger partial charge in [-0.05, 0) is 39.0 Å². The summed E-state index contributed by atoms with van der Waals surface area (Å²) < 4.78 is 2.25. The van der Waals surface area contributed by atoms with Crippen LogP contribution >= 0.6 is 0 Å². The number of piperidine rings is 1. The lowest BCUT2D eigenvalue weighted by Crippen LogP contribution is -2.31. The van der Waals surface area contributed by atoms with Gasteiger partial charge in [0, 0.05) is 29.7 Å². The van der Waals surface area contributed by atoms with E-state index in [1.165, 1.54) is 0 Å². The first-order chi connectivity index (χ1) is 9.25. The van der Waals surface area contributed by atoms with Crippen molar-refractivity contribution in [3.63, 3.8) is 0 Å². The molecule has 2 aromatic rings. The van der Waals surface area contributed by atoms with Crippen molar-refractivity contribution in [3.8, 4) is 11.3 Å². The zero-order valence-electron chi connectivity index (χ0n) is 11.2. The summed E-state index contributed by atoms with van der Waals surface area (Å²) in [5.41, 5.74) is 8.84. The maximum atomic E-state index is 6.04. The highest BCUT2D eigenvalue weighted by molar-refractivity contribution is 5.72. The van der Waals surface area contributed by atoms with E-state index in [0.717, 1.165) is 42.9 Å². The second-order valence-electron chi connectivity index (χ2n) is 5.18. The first-order valence-electron chi connectivity index (χ1n) is 6.66. The molecule has 2 aromatic heterocycles. The van der Waals surface area contributed by atoms with Gasteiger partial charge in [0.2, 0.25) is 0 Å². The van der Waals surface area contributed by atoms with E-state index in [2.05, 4.69) is 26.5 Å². The lowest BCUT2D eigenvalue weighted by molar-refractivity contribution is 0.222. The Bertz CT molecular complexity index is 554. The minimum atomic E-state index is 0.508. The van der Waals surface area contributed by atoms with Crippen LogP contribution in [0.25, 0.3) is 11.3 Å². The van der Waals surface area contributed by atoms with Crippen LogP contribution in [0, 0.1) is 0 Å². The van der Waals surface area contributed by atoms with Crippen molar-refractivity contribution in [2.45, 2.75) is 18.9 Å². The van der Waals surface area contributed by atoms with Gasteiger partial charge in [0.05, 0.1) is 18.2 Å². The highest BCUT2D eigenvalue weighted by Gasteiger charge is 2.21. The topological polar surface area (TPSA) is 60.0 Å². The largest absolute Gasteiger partial charge is 0.398 e. The van der Waals surface area contributed by atoms with Crippen LogP contribution in [0.15, 0.2) is 31.0 Å². The Hall–Kier alpha value is -1.88. The summed E-state index contributed by atoms with van der Waals surface area (Å²) in [6.45, 7) is 2.26. The molecule has 0 saturated carbocycles. The minimum Gasteiger partial charge on any atom is -0.398 e. The number of nitrogens with zero attached hydrogens (tertiary/aromatic N) is 4. The summed E-state index contributed by atoms with van der Waals surface area (Å²) in [4.78, 5) is 10.8. The van der Waals surface area contributed by atoms with Gasteiger partial charge in [-0.15, -0.1) is 0 Å². The molecule has 0 aliphatic carbocycles. The molecule has 100 valence electrons. The van der Waals surface area contributed by atoms with Crippen LogP contribution < -0.4 is 5.73 Å². The van der Waals surface area contributed by atoms with Crippen LogP contribution in [0.4, 0.5) is 5.69 Å². The molecule has 0 aromatic carbocycles. The number of hydrogen-bond donors (Lipinski definition) is 1. The number of imidazole rings is 1. The molecule has 1 aliphatic heterocycles. The van der Waals surface area contributed by atoms with E-state index in [-0.39, 0.29) is 0 Å². The van der Waals surface area contributed by atoms with Gasteiger partial charge >= 0.3 is 0 Å². The molecule has 5 nitrogen and oxygen atoms in total. The van der Waals surface area contributed by atoms with Gasteiger partial charge in [-0.3, -0.25) is 4.98 Å². The summed E-state index contributed by atoms with van der Waals surface area (Å²) in [6, 6.07) is 2.34. The van der Waals surface area contributed by atoms with Crippen molar-refractivity contribution in [2.75, 3.05) is 25.9 Å². The van der Waals surface area contributed by atoms with E-state index in [4.69, 9.17) is 5.73 Å². The Morgan fingerprint density at radius 1 is 1.21 bits per heavy atom. The number of pyridine rings is 1. The summed E-state index contributed by atoms with van der Waals surface area (Å²) in [6.07, 6.45) is 9.64. The van der Waals surface area contributed by atoms with Crippen LogP contribution in [0.2, 0.25) is 0 Å². The molecule has 1 aliphatic rings. The van der Waals surface area contributed by atoms with Crippen LogP contribution in [0.5, 0.6) is 0 Å². The van der Waals surface area contributed by atoms with Gasteiger partial charge in [0.15, 0.2) is 0 Å². The van der Waals surface area contributed by atoms with E-state index in [1.54, 1.807) is 6.20 Å². The van der Waals surface area contributed by atoms with Gasteiger partial charge in [-0.1, -0.05) is 0 Å². The van der Waals surface area contributed by atoms with E-state index in [0.29, 0.717) is 6.04 Å². The Kier molecular flexibility index (Phi) is 3.21. The SMILES string of the molecule is CN1CCC(n2cncc2-c2cnccc2N)CC1. The van der Waals surface area contributed by atoms with Crippen molar-refractivity contribution in [1.82, 2.24) is 19.4 Å². The van der Waals surface area contributed by atoms with E-state index in [9.17, 15) is 0 Å². The van der Waals surface area contributed by atoms with Crippen LogP contribution in [0.1, 0.15) is 18.9 Å². The number of aromatic nitrogens is 3. The predicted octanol–water partition coefficient (Wildman–Crippen LogP) is 1.79. The minimum absolute atomic E-state index is 0.508. The number of nitrogen functional groups attached to an aromatic ring is 1. The monoisotopic (exact) mass is 257 g/mol. The lowest BCUT2D eigenvalue weighted by atomic mass is 10.0. The normalized spacial score (nSPS) is 17.7. The molecule has 1 fully saturated rings. The molecule has 0 amide bonds. The number of nitrogens with two attached hydrogens (primary N) is 1. The molecule has 5 heteroatoms. The molecule has 0 bridgehead atoms. The Morgan fingerprint density at radius 3 is 2.74 bits per heavy atom. The summed E-state index contributed by atoms with van der Waals surface area (Å²) in [7, 11) is 2.17. The van der Waals surface area contributed by atoms with Crippen molar-refractivity contribution in [2.24, 2.45) is 0 Å². The third-order valence-electron chi connectivity index (χ3n) is 3.88. The van der Waals surface area contributed by atoms with Crippen molar-refractivity contribution in [1.29, 1.82) is 0 Å². The molecule has 19 heavy (non-hydrogen) atoms. The molecule has 0 unspecified atom stereocenters. The van der Waals surface area contributed by atoms with Crippen molar-refractivity contribution >= 4 is 5.69 Å². The zero-order chi connectivity index (χ0) is 13.2. The van der Waals surface area contributed by atoms with Gasteiger partial charge in [-0.25, -0.2) is 4.98 Å². The Morgan fingerprint density at radius 2 is 2.00 bits per heavy atom. The Balaban J connectivity index is 1.93. The summed E-state index contributed by atoms with van der Waals surface area (Å²) in [5, 5.41) is 0. The molecule has 2 N–H and O–H groups in total. The molecular weight excluding hydrogens is 238 g/mol. The maximum Gasteiger partial charge on any atom is 0.0953 e. The zero-order valence-corrected chi connectivity index (χ0v) is 11.2. The third kappa shape index (κ3) is 2.33. The predicted molar refractivity (Wildman–Crippen MR) is 75.6 cm³/mol. The third-order valence-corrected chi connectivity index (χ3v) is 3.88. The number of rotatable bonds is 2. The van der Waals surface area contributed by atoms with Crippen LogP contribution in [-0.2, 0) is 0 Å². The van der Waals surface area contributed by atoms with Crippen molar-refractivity contribution < 1.29 is 0 Å². The smallest absolute Gasteiger partial charge is 0.0953 e. The van der Waals surface area contributed by atoms with E-state index < -0.39 is 0 Å². The Labute approximate surface area is 113 Å². The van der Waals surface area contributed by atoms with E-state index >= 15 is 0 Å². The highest BCUT2D eigenvalue weighted by atomic mass is 15.1. The van der Waals surface area contributed by atoms with Crippen LogP contribution in [0.3, 0.4) is 0 Å². The molecule has 0 spiro atoms. The second kappa shape index (κ2) is 5.01. The maximum absolute atomic E-state index is 6.04. The van der Waals surface area contributed by atoms with Gasteiger partial charge in [0.1, 0.15) is 0 Å². The van der Waals surface area contributed by atoms with Gasteiger partial charge in [-0.2, -0.15) is 0 Å². The van der Waals surface area contributed by atoms with Crippen LogP contribution in [-0.4, -0.2) is 39.6 Å². The average Bonchev–Trinajstić information content (AvgIpc) is 2.89. The fourth-order valence-corrected chi connectivity index (χ4v) is 2.70. The highest BCUT2D eigenvalue weighted by Crippen LogP contribution is 2.30. The van der Waals surface area contributed by atoms with Gasteiger partial charge < -0.3 is 15.2 Å². The number of likely N-dealkylation sites (tertiary alicyclic amines) is 1. The molecule has 3 rings (SSSR count).